The van der Waals surface area contributed by atoms with Crippen molar-refractivity contribution in [3.05, 3.63) is 47.1 Å². The number of allylic oxidation sites excluding steroid dienone is 1. The van der Waals surface area contributed by atoms with Crippen molar-refractivity contribution in [3.8, 4) is 0 Å². The Labute approximate surface area is 75.1 Å². The minimum Gasteiger partial charge on any atom is -0.196 e. The maximum atomic E-state index is 11.0. The molecule has 0 fully saturated rings. The standard InChI is InChI=1S/C10H8N2O/c1-2-4-7-5-3-6-8-9(7)12-10(13)11-8/h2-3,5-6H,1,4H2/p+1. The molecule has 64 valence electrons. The number of para-hydroxylation sites is 1. The van der Waals surface area contributed by atoms with Crippen molar-refractivity contribution in [1.29, 1.82) is 0 Å². The fourth-order valence-corrected chi connectivity index (χ4v) is 1.39. The third-order valence-electron chi connectivity index (χ3n) is 1.95. The van der Waals surface area contributed by atoms with Gasteiger partial charge in [0.05, 0.1) is 0 Å². The van der Waals surface area contributed by atoms with Gasteiger partial charge >= 0.3 is 6.03 Å². The molecule has 1 aromatic carbocycles. The van der Waals surface area contributed by atoms with Gasteiger partial charge in [-0.3, -0.25) is 0 Å². The van der Waals surface area contributed by atoms with Crippen molar-refractivity contribution in [1.82, 2.24) is 0 Å². The van der Waals surface area contributed by atoms with Crippen molar-refractivity contribution < 1.29 is 9.79 Å². The zero-order chi connectivity index (χ0) is 9.26. The molecule has 0 aromatic heterocycles. The summed E-state index contributed by atoms with van der Waals surface area (Å²) in [7, 11) is 0. The Bertz CT molecular complexity index is 488. The molecular formula is C10H9N2O+. The molecule has 1 N–H and O–H groups in total. The maximum Gasteiger partial charge on any atom is 0.538 e. The van der Waals surface area contributed by atoms with E-state index in [4.69, 9.17) is 0 Å². The van der Waals surface area contributed by atoms with Crippen molar-refractivity contribution in [3.63, 3.8) is 0 Å². The number of rotatable bonds is 2. The fourth-order valence-electron chi connectivity index (χ4n) is 1.39. The molecule has 13 heavy (non-hydrogen) atoms. The van der Waals surface area contributed by atoms with Gasteiger partial charge in [0, 0.05) is 10.6 Å². The highest BCUT2D eigenvalue weighted by Gasteiger charge is 2.16. The van der Waals surface area contributed by atoms with Crippen molar-refractivity contribution >= 4 is 6.03 Å². The molecule has 1 aliphatic rings. The lowest BCUT2D eigenvalue weighted by molar-refractivity contribution is -0.383. The van der Waals surface area contributed by atoms with Crippen LogP contribution in [0.3, 0.4) is 0 Å². The first-order chi connectivity index (χ1) is 6.31. The monoisotopic (exact) mass is 173 g/mol. The molecule has 0 saturated heterocycles. The van der Waals surface area contributed by atoms with Crippen LogP contribution < -0.4 is 15.7 Å². The highest BCUT2D eigenvalue weighted by Crippen LogP contribution is 1.89. The van der Waals surface area contributed by atoms with E-state index < -0.39 is 0 Å². The van der Waals surface area contributed by atoms with E-state index in [-0.39, 0.29) is 6.03 Å². The largest absolute Gasteiger partial charge is 0.538 e. The first-order valence-electron chi connectivity index (χ1n) is 4.07. The number of urea groups is 1. The van der Waals surface area contributed by atoms with Gasteiger partial charge in [-0.25, -0.2) is 0 Å². The second-order valence-electron chi connectivity index (χ2n) is 2.85. The number of carbonyl (C=O) groups excluding carboxylic acids is 1. The number of amides is 2. The van der Waals surface area contributed by atoms with Gasteiger partial charge in [-0.15, -0.1) is 6.58 Å². The van der Waals surface area contributed by atoms with Crippen LogP contribution in [0, 0.1) is 0 Å². The normalized spacial score (nSPS) is 13.1. The Balaban J connectivity index is 2.72. The van der Waals surface area contributed by atoms with Crippen molar-refractivity contribution in [2.24, 2.45) is 4.99 Å². The smallest absolute Gasteiger partial charge is 0.196 e. The topological polar surface area (TPSA) is 43.4 Å². The lowest BCUT2D eigenvalue weighted by Crippen LogP contribution is -2.79. The summed E-state index contributed by atoms with van der Waals surface area (Å²) in [4.78, 5) is 17.5. The van der Waals surface area contributed by atoms with Gasteiger partial charge < -0.3 is 0 Å². The zero-order valence-electron chi connectivity index (χ0n) is 7.08. The average Bonchev–Trinajstić information content (AvgIpc) is 2.47. The molecule has 3 nitrogen and oxygen atoms in total. The number of hydrogen-bond acceptors (Lipinski definition) is 1. The molecule has 1 aliphatic heterocycles. The molecule has 2 amide bonds. The molecule has 0 spiro atoms. The Morgan fingerprint density at radius 2 is 2.38 bits per heavy atom. The predicted octanol–water partition coefficient (Wildman–Crippen LogP) is -1.13. The van der Waals surface area contributed by atoms with Crippen LogP contribution in [-0.2, 0) is 6.42 Å². The Morgan fingerprint density at radius 3 is 3.15 bits per heavy atom. The summed E-state index contributed by atoms with van der Waals surface area (Å²) >= 11 is 0. The van der Waals surface area contributed by atoms with Gasteiger partial charge in [0.1, 0.15) is 0 Å². The van der Waals surface area contributed by atoms with E-state index in [0.717, 1.165) is 22.7 Å². The van der Waals surface area contributed by atoms with Crippen LogP contribution in [0.25, 0.3) is 0 Å². The SMILES string of the molecule is C=CCc1cccc2c1=[NH+]C(=O)N=2. The zero-order valence-corrected chi connectivity index (χ0v) is 7.08. The van der Waals surface area contributed by atoms with Gasteiger partial charge in [-0.2, -0.15) is 9.79 Å². The van der Waals surface area contributed by atoms with Gasteiger partial charge in [0.15, 0.2) is 5.36 Å². The Morgan fingerprint density at radius 1 is 1.54 bits per heavy atom. The van der Waals surface area contributed by atoms with E-state index in [1.165, 1.54) is 0 Å². The molecular weight excluding hydrogens is 164 g/mol. The first-order valence-corrected chi connectivity index (χ1v) is 4.07. The summed E-state index contributed by atoms with van der Waals surface area (Å²) in [6.45, 7) is 3.66. The Hall–Kier alpha value is -1.77. The van der Waals surface area contributed by atoms with Gasteiger partial charge in [0.25, 0.3) is 0 Å². The van der Waals surface area contributed by atoms with E-state index in [2.05, 4.69) is 16.6 Å². The molecule has 1 aromatic rings. The number of carbonyl (C=O) groups is 1. The predicted molar refractivity (Wildman–Crippen MR) is 46.6 cm³/mol. The number of hydrogen-bond donors (Lipinski definition) is 1. The second kappa shape index (κ2) is 2.94. The van der Waals surface area contributed by atoms with E-state index >= 15 is 0 Å². The van der Waals surface area contributed by atoms with Gasteiger partial charge in [-0.05, 0) is 12.5 Å². The lowest BCUT2D eigenvalue weighted by Gasteiger charge is -1.90. The highest BCUT2D eigenvalue weighted by atomic mass is 16.2. The average molecular weight is 173 g/mol. The molecule has 0 radical (unpaired) electrons. The molecule has 0 saturated carbocycles. The summed E-state index contributed by atoms with van der Waals surface area (Å²) < 4.78 is 0. The van der Waals surface area contributed by atoms with E-state index in [0.29, 0.717) is 0 Å². The molecule has 0 unspecified atom stereocenters. The van der Waals surface area contributed by atoms with Crippen molar-refractivity contribution in [2.45, 2.75) is 6.42 Å². The molecule has 0 aliphatic carbocycles. The highest BCUT2D eigenvalue weighted by molar-refractivity contribution is 5.65. The van der Waals surface area contributed by atoms with Crippen LogP contribution in [0.2, 0.25) is 0 Å². The first kappa shape index (κ1) is 7.86. The Kier molecular flexibility index (Phi) is 1.77. The summed E-state index contributed by atoms with van der Waals surface area (Å²) in [5, 5.41) is 1.55. The summed E-state index contributed by atoms with van der Waals surface area (Å²) in [5.74, 6) is 0. The second-order valence-corrected chi connectivity index (χ2v) is 2.85. The number of benzene rings is 1. The lowest BCUT2D eigenvalue weighted by atomic mass is 10.1. The van der Waals surface area contributed by atoms with E-state index in [1.54, 1.807) is 6.08 Å². The minimum atomic E-state index is -0.286. The maximum absolute atomic E-state index is 11.0. The van der Waals surface area contributed by atoms with Crippen molar-refractivity contribution in [2.75, 3.05) is 0 Å². The van der Waals surface area contributed by atoms with Crippen LogP contribution in [0.15, 0.2) is 35.8 Å². The molecule has 3 heteroatoms. The number of fused-ring (bicyclic) bond motifs is 1. The van der Waals surface area contributed by atoms with Gasteiger partial charge in [-0.1, -0.05) is 18.2 Å². The van der Waals surface area contributed by atoms with Gasteiger partial charge in [0.2, 0.25) is 5.36 Å². The van der Waals surface area contributed by atoms with E-state index in [1.807, 2.05) is 18.2 Å². The molecule has 2 rings (SSSR count). The van der Waals surface area contributed by atoms with E-state index in [9.17, 15) is 4.79 Å². The third-order valence-corrected chi connectivity index (χ3v) is 1.95. The quantitative estimate of drug-likeness (QED) is 0.565. The summed E-state index contributed by atoms with van der Waals surface area (Å²) in [5.41, 5.74) is 1.06. The minimum absolute atomic E-state index is 0.286. The number of nitrogens with one attached hydrogen (secondary N) is 1. The fraction of sp³-hybridized carbons (Fsp3) is 0.100. The van der Waals surface area contributed by atoms with Crippen LogP contribution in [-0.4, -0.2) is 6.03 Å². The van der Waals surface area contributed by atoms with Crippen LogP contribution in [0.1, 0.15) is 5.56 Å². The number of nitrogens with zero attached hydrogens (tertiary/aromatic N) is 1. The molecule has 0 atom stereocenters. The summed E-state index contributed by atoms with van der Waals surface area (Å²) in [6, 6.07) is 5.38. The summed E-state index contributed by atoms with van der Waals surface area (Å²) in [6.07, 6.45) is 2.55. The van der Waals surface area contributed by atoms with Crippen LogP contribution in [0.4, 0.5) is 4.79 Å². The third kappa shape index (κ3) is 1.28. The molecule has 0 bridgehead atoms. The van der Waals surface area contributed by atoms with Crippen LogP contribution >= 0.6 is 0 Å². The molecule has 1 heterocycles. The van der Waals surface area contributed by atoms with Crippen LogP contribution in [0.5, 0.6) is 0 Å².